The molecule has 0 radical (unpaired) electrons. The van der Waals surface area contributed by atoms with Crippen LogP contribution in [0.25, 0.3) is 79.2 Å². The SMILES string of the molecule is COC1C[C@@]2(C)c3nc(-c4ccnc(C)c4)nc(-c4ccccc4)c3CC[C@@H]2[C@@H](C)C1=O.C[C@H]1C(=O)CC[C@@]2(C)c3nc(Cl)nc(-c4ccccc4)c3CC[C@H]12.Cc1cc(-c2nc(-c3ccccc3)c3c(n2)[C@]2(C)CCC(=O)[C@H](C)[C@H]2CC3)ccn1.Cc1cc(-c2nc(-c3ccccc3)c3c(n2)[C@]2(C)Cc4cnoc4[C@H](C)[C@H]2CC3)ccn1. The summed E-state index contributed by atoms with van der Waals surface area (Å²) < 4.78 is 11.3. The number of pyridine rings is 3. The van der Waals surface area contributed by atoms with E-state index in [1.54, 1.807) is 7.11 Å². The smallest absolute Gasteiger partial charge is 0.223 e. The van der Waals surface area contributed by atoms with Gasteiger partial charge < -0.3 is 9.26 Å². The molecular formula is C100H103ClN12O5. The van der Waals surface area contributed by atoms with E-state index in [0.29, 0.717) is 65.6 Å². The lowest BCUT2D eigenvalue weighted by Crippen LogP contribution is -2.53. The number of rotatable bonds is 8. The molecule has 18 heteroatoms. The summed E-state index contributed by atoms with van der Waals surface area (Å²) in [5.74, 6) is 6.20. The average molecular weight is 1590 g/mol. The second-order valence-corrected chi connectivity index (χ2v) is 35.8. The number of hydrogen-bond acceptors (Lipinski definition) is 17. The van der Waals surface area contributed by atoms with Gasteiger partial charge in [0.1, 0.15) is 23.4 Å². The number of hydrogen-bond donors (Lipinski definition) is 0. The molecule has 3 fully saturated rings. The third-order valence-electron chi connectivity index (χ3n) is 28.4. The van der Waals surface area contributed by atoms with Crippen LogP contribution in [-0.2, 0) is 72.9 Å². The fourth-order valence-electron chi connectivity index (χ4n) is 22.2. The number of ether oxygens (including phenoxy) is 1. The molecule has 1 unspecified atom stereocenters. The van der Waals surface area contributed by atoms with Crippen LogP contribution in [0.3, 0.4) is 0 Å². The molecular weight excluding hydrogens is 1480 g/mol. The van der Waals surface area contributed by atoms with Crippen LogP contribution in [0.1, 0.15) is 193 Å². The Balaban J connectivity index is 0.000000113. The Bertz CT molecular complexity index is 5830. The van der Waals surface area contributed by atoms with Crippen LogP contribution in [0.2, 0.25) is 5.28 Å². The normalized spacial score (nSPS) is 26.2. The number of carbonyl (C=O) groups is 3. The van der Waals surface area contributed by atoms with Crippen molar-refractivity contribution >= 4 is 29.0 Å². The Morgan fingerprint density at radius 2 is 0.746 bits per heavy atom. The van der Waals surface area contributed by atoms with Gasteiger partial charge in [0, 0.05) is 168 Å². The number of nitrogens with zero attached hydrogens (tertiary/aromatic N) is 12. The molecule has 8 aliphatic carbocycles. The molecule has 8 heterocycles. The van der Waals surface area contributed by atoms with Crippen LogP contribution in [0.15, 0.2) is 187 Å². The van der Waals surface area contributed by atoms with Gasteiger partial charge in [-0.1, -0.05) is 182 Å². The summed E-state index contributed by atoms with van der Waals surface area (Å²) in [7, 11) is 1.64. The zero-order valence-electron chi connectivity index (χ0n) is 69.7. The predicted molar refractivity (Wildman–Crippen MR) is 460 cm³/mol. The van der Waals surface area contributed by atoms with Crippen molar-refractivity contribution in [2.24, 2.45) is 41.4 Å². The van der Waals surface area contributed by atoms with Crippen LogP contribution in [-0.4, -0.2) is 90.5 Å². The van der Waals surface area contributed by atoms with Gasteiger partial charge >= 0.3 is 0 Å². The molecule has 3 saturated carbocycles. The van der Waals surface area contributed by atoms with Gasteiger partial charge in [0.2, 0.25) is 5.28 Å². The minimum absolute atomic E-state index is 0.0476. The van der Waals surface area contributed by atoms with E-state index in [1.165, 1.54) is 33.5 Å². The van der Waals surface area contributed by atoms with Gasteiger partial charge in [-0.3, -0.25) is 29.3 Å². The van der Waals surface area contributed by atoms with E-state index in [2.05, 4.69) is 183 Å². The van der Waals surface area contributed by atoms with Crippen molar-refractivity contribution in [3.05, 3.63) is 261 Å². The third kappa shape index (κ3) is 14.4. The maximum Gasteiger partial charge on any atom is 0.223 e. The highest BCUT2D eigenvalue weighted by Crippen LogP contribution is 2.58. The molecule has 118 heavy (non-hydrogen) atoms. The molecule has 0 spiro atoms. The summed E-state index contributed by atoms with van der Waals surface area (Å²) in [6.45, 7) is 23.8. The second kappa shape index (κ2) is 32.1. The summed E-state index contributed by atoms with van der Waals surface area (Å²) in [4.78, 5) is 90.7. The van der Waals surface area contributed by atoms with E-state index < -0.39 is 0 Å². The van der Waals surface area contributed by atoms with Crippen molar-refractivity contribution in [2.75, 3.05) is 7.11 Å². The lowest BCUT2D eigenvalue weighted by atomic mass is 9.55. The quantitative estimate of drug-likeness (QED) is 0.129. The van der Waals surface area contributed by atoms with Gasteiger partial charge in [-0.15, -0.1) is 0 Å². The Labute approximate surface area is 697 Å². The fraction of sp³-hybridized carbons (Fsp3) is 0.390. The molecule has 20 rings (SSSR count). The highest BCUT2D eigenvalue weighted by Gasteiger charge is 2.56. The average Bonchev–Trinajstić information content (AvgIpc) is 1.06. The van der Waals surface area contributed by atoms with E-state index in [-0.39, 0.29) is 57.2 Å². The predicted octanol–water partition coefficient (Wildman–Crippen LogP) is 20.6. The number of carbonyl (C=O) groups excluding carboxylic acids is 3. The number of Topliss-reactive ketones (excluding diaryl/α,β-unsaturated/α-hetero) is 3. The Kier molecular flexibility index (Phi) is 21.7. The van der Waals surface area contributed by atoms with Gasteiger partial charge in [-0.05, 0) is 169 Å². The molecule has 17 nitrogen and oxygen atoms in total. The molecule has 0 saturated heterocycles. The highest BCUT2D eigenvalue weighted by molar-refractivity contribution is 6.28. The molecule has 0 amide bonds. The Morgan fingerprint density at radius 3 is 1.13 bits per heavy atom. The summed E-state index contributed by atoms with van der Waals surface area (Å²) >= 11 is 6.30. The monoisotopic (exact) mass is 1590 g/mol. The molecule has 0 N–H and O–H groups in total. The van der Waals surface area contributed by atoms with Crippen molar-refractivity contribution in [3.63, 3.8) is 0 Å². The largest absolute Gasteiger partial charge is 0.374 e. The first-order valence-corrected chi connectivity index (χ1v) is 42.7. The van der Waals surface area contributed by atoms with Crippen LogP contribution < -0.4 is 0 Å². The Hall–Kier alpha value is -10.9. The fourth-order valence-corrected chi connectivity index (χ4v) is 22.4. The first-order valence-electron chi connectivity index (χ1n) is 42.3. The van der Waals surface area contributed by atoms with Crippen LogP contribution >= 0.6 is 11.6 Å². The minimum atomic E-state index is -0.390. The number of ketones is 3. The van der Waals surface area contributed by atoms with Crippen molar-refractivity contribution in [2.45, 2.75) is 200 Å². The number of benzene rings is 4. The first-order chi connectivity index (χ1) is 56.9. The molecule has 8 aliphatic rings. The summed E-state index contributed by atoms with van der Waals surface area (Å²) in [6.07, 6.45) is 19.3. The van der Waals surface area contributed by atoms with Gasteiger partial charge in [0.25, 0.3) is 0 Å². The summed E-state index contributed by atoms with van der Waals surface area (Å²) in [5.41, 5.74) is 24.5. The van der Waals surface area contributed by atoms with Crippen LogP contribution in [0.5, 0.6) is 0 Å². The van der Waals surface area contributed by atoms with Crippen molar-refractivity contribution in [3.8, 4) is 79.2 Å². The maximum absolute atomic E-state index is 12.9. The number of aryl methyl sites for hydroxylation is 3. The van der Waals surface area contributed by atoms with Crippen LogP contribution in [0.4, 0.5) is 0 Å². The first kappa shape index (κ1) is 79.6. The minimum Gasteiger partial charge on any atom is -0.374 e. The summed E-state index contributed by atoms with van der Waals surface area (Å²) in [5, 5.41) is 4.43. The van der Waals surface area contributed by atoms with Crippen molar-refractivity contribution in [1.29, 1.82) is 0 Å². The second-order valence-electron chi connectivity index (χ2n) is 35.4. The molecule has 8 aromatic heterocycles. The maximum atomic E-state index is 12.9. The van der Waals surface area contributed by atoms with Crippen molar-refractivity contribution < 1.29 is 23.6 Å². The van der Waals surface area contributed by atoms with Gasteiger partial charge in [0.15, 0.2) is 23.3 Å². The number of halogens is 1. The van der Waals surface area contributed by atoms with Crippen molar-refractivity contribution in [1.82, 2.24) is 60.0 Å². The standard InChI is InChI=1S/C27H26N4O.C27H29N3O2.C26H27N3O.C20H21ClN2O/c1-16-13-19(11-12-28-16)26-30-23(18-7-5-4-6-8-18)21-9-10-22-17(2)24-20(15-29-32-24)14-27(22,3)25(21)31-26;1-16-14-19(12-13-28-16)26-29-23(18-8-6-5-7-9-18)20-10-11-21-17(2)24(31)22(32-4)15-27(21,3)25(20)30-26;1-16-15-19(12-14-27-16)25-28-23(18-7-5-4-6-8-18)20-9-10-21-17(2)22(30)11-13-26(21,3)24(20)29-25;1-12-15-9-8-14-17(13-6-4-3-5-7-13)22-19(21)23-18(14)20(15,2)11-10-16(12)24/h4-8,11-13,15,17,22H,9-10,14H2,1-3H3;5-9,12-14,17,21-22H,10-11,15H2,1-4H3;4-8,12,14-15,17,21H,9-11,13H2,1-3H3;3-7,12,15H,8-11H2,1-2H3/t17-,22-,27-;17-,21-,22?,27-;17-,21-,26-;12-,15-,20-/m1111/s1. The lowest BCUT2D eigenvalue weighted by Gasteiger charge is -2.50. The zero-order valence-corrected chi connectivity index (χ0v) is 70.5. The number of methoxy groups -OCH3 is 1. The lowest BCUT2D eigenvalue weighted by molar-refractivity contribution is -0.143. The molecule has 13 atom stereocenters. The van der Waals surface area contributed by atoms with Gasteiger partial charge in [-0.2, -0.15) is 0 Å². The van der Waals surface area contributed by atoms with Gasteiger partial charge in [0.05, 0.1) is 51.7 Å². The number of fused-ring (bicyclic) bond motifs is 13. The molecule has 0 bridgehead atoms. The highest BCUT2D eigenvalue weighted by atomic mass is 35.5. The third-order valence-corrected chi connectivity index (χ3v) is 28.6. The molecule has 0 aliphatic heterocycles. The van der Waals surface area contributed by atoms with E-state index in [1.807, 2.05) is 106 Å². The van der Waals surface area contributed by atoms with E-state index >= 15 is 0 Å². The Morgan fingerprint density at radius 1 is 0.398 bits per heavy atom. The number of aromatic nitrogens is 12. The molecule has 12 aromatic rings. The van der Waals surface area contributed by atoms with Crippen LogP contribution in [0, 0.1) is 62.2 Å². The topological polar surface area (TPSA) is 228 Å². The van der Waals surface area contributed by atoms with E-state index in [0.717, 1.165) is 184 Å². The van der Waals surface area contributed by atoms with E-state index in [9.17, 15) is 14.4 Å². The van der Waals surface area contributed by atoms with E-state index in [4.69, 9.17) is 50.8 Å². The summed E-state index contributed by atoms with van der Waals surface area (Å²) in [6, 6.07) is 53.6. The molecule has 600 valence electrons. The molecule has 4 aromatic carbocycles. The zero-order chi connectivity index (χ0) is 82.1. The van der Waals surface area contributed by atoms with Gasteiger partial charge in [-0.25, -0.2) is 39.9 Å².